The second-order valence-electron chi connectivity index (χ2n) is 7.09. The van der Waals surface area contributed by atoms with Gasteiger partial charge >= 0.3 is 5.97 Å². The normalized spacial score (nSPS) is 12.8. The van der Waals surface area contributed by atoms with E-state index < -0.39 is 5.97 Å². The minimum absolute atomic E-state index is 0.191. The van der Waals surface area contributed by atoms with Crippen LogP contribution in [0, 0.1) is 0 Å². The molecule has 31 heavy (non-hydrogen) atoms. The molecule has 0 atom stereocenters. The van der Waals surface area contributed by atoms with Crippen molar-refractivity contribution < 1.29 is 19.1 Å². The Labute approximate surface area is 183 Å². The van der Waals surface area contributed by atoms with E-state index in [-0.39, 0.29) is 12.5 Å². The molecule has 0 unspecified atom stereocenters. The molecule has 0 radical (unpaired) electrons. The first-order valence-electron chi connectivity index (χ1n) is 10.1. The Morgan fingerprint density at radius 3 is 2.90 bits per heavy atom. The van der Waals surface area contributed by atoms with Gasteiger partial charge in [0.2, 0.25) is 0 Å². The quantitative estimate of drug-likeness (QED) is 0.561. The van der Waals surface area contributed by atoms with Gasteiger partial charge in [-0.25, -0.2) is 9.48 Å². The predicted molar refractivity (Wildman–Crippen MR) is 115 cm³/mol. The number of amides is 1. The first-order chi connectivity index (χ1) is 15.1. The van der Waals surface area contributed by atoms with Crippen LogP contribution in [0.25, 0.3) is 0 Å². The summed E-state index contributed by atoms with van der Waals surface area (Å²) in [5.74, 6) is 0.397. The Morgan fingerprint density at radius 2 is 2.10 bits per heavy atom. The van der Waals surface area contributed by atoms with Gasteiger partial charge < -0.3 is 14.8 Å². The standard InChI is InChI=1S/C21H23N5O4S/c1-3-26-17(23-24-25-26)12-30-14-8-6-7-13(11-14)19(27)22-20-18(21(28)29-2)15-9-4-5-10-16(15)31-20/h6-8,11H,3-5,9-10,12H2,1-2H3,(H,22,27). The number of ether oxygens (including phenoxy) is 2. The number of esters is 1. The summed E-state index contributed by atoms with van der Waals surface area (Å²) in [6.07, 6.45) is 3.86. The van der Waals surface area contributed by atoms with Crippen LogP contribution in [0.2, 0.25) is 0 Å². The molecule has 0 saturated carbocycles. The van der Waals surface area contributed by atoms with E-state index in [0.29, 0.717) is 34.2 Å². The van der Waals surface area contributed by atoms with Crippen molar-refractivity contribution in [2.24, 2.45) is 0 Å². The lowest BCUT2D eigenvalue weighted by atomic mass is 9.95. The Morgan fingerprint density at radius 1 is 1.26 bits per heavy atom. The van der Waals surface area contributed by atoms with Crippen LogP contribution in [0.5, 0.6) is 5.75 Å². The number of nitrogens with one attached hydrogen (secondary N) is 1. The molecule has 0 saturated heterocycles. The van der Waals surface area contributed by atoms with Gasteiger partial charge in [0.25, 0.3) is 5.91 Å². The molecule has 3 aromatic rings. The summed E-state index contributed by atoms with van der Waals surface area (Å²) < 4.78 is 12.4. The average molecular weight is 442 g/mol. The summed E-state index contributed by atoms with van der Waals surface area (Å²) in [7, 11) is 1.36. The number of hydrogen-bond donors (Lipinski definition) is 1. The highest BCUT2D eigenvalue weighted by molar-refractivity contribution is 7.17. The molecule has 2 aromatic heterocycles. The van der Waals surface area contributed by atoms with Crippen LogP contribution in [0.3, 0.4) is 0 Å². The minimum atomic E-state index is -0.416. The summed E-state index contributed by atoms with van der Waals surface area (Å²) in [5.41, 5.74) is 1.91. The molecule has 0 fully saturated rings. The molecule has 4 rings (SSSR count). The van der Waals surface area contributed by atoms with Gasteiger partial charge in [0.05, 0.1) is 12.7 Å². The maximum Gasteiger partial charge on any atom is 0.341 e. The maximum absolute atomic E-state index is 12.9. The van der Waals surface area contributed by atoms with Gasteiger partial charge in [-0.2, -0.15) is 0 Å². The van der Waals surface area contributed by atoms with Crippen LogP contribution in [-0.2, 0) is 30.7 Å². The molecule has 1 aromatic carbocycles. The molecule has 1 aliphatic carbocycles. The zero-order valence-corrected chi connectivity index (χ0v) is 18.2. The fraction of sp³-hybridized carbons (Fsp3) is 0.381. The van der Waals surface area contributed by atoms with Gasteiger partial charge in [0.1, 0.15) is 17.4 Å². The molecule has 1 N–H and O–H groups in total. The van der Waals surface area contributed by atoms with Gasteiger partial charge in [-0.05, 0) is 66.8 Å². The molecule has 162 valence electrons. The number of carbonyl (C=O) groups is 2. The Hall–Kier alpha value is -3.27. The van der Waals surface area contributed by atoms with Crippen molar-refractivity contribution in [3.05, 3.63) is 51.7 Å². The van der Waals surface area contributed by atoms with E-state index in [1.54, 1.807) is 28.9 Å². The molecule has 2 heterocycles. The van der Waals surface area contributed by atoms with Gasteiger partial charge in [-0.3, -0.25) is 4.79 Å². The van der Waals surface area contributed by atoms with Crippen molar-refractivity contribution in [2.75, 3.05) is 12.4 Å². The number of nitrogens with zero attached hydrogens (tertiary/aromatic N) is 4. The topological polar surface area (TPSA) is 108 Å². The predicted octanol–water partition coefficient (Wildman–Crippen LogP) is 3.25. The van der Waals surface area contributed by atoms with E-state index in [0.717, 1.165) is 36.1 Å². The number of hydrogen-bond acceptors (Lipinski definition) is 8. The zero-order valence-electron chi connectivity index (χ0n) is 17.4. The number of rotatable bonds is 7. The Kier molecular flexibility index (Phi) is 6.26. The number of tetrazole rings is 1. The number of thiophene rings is 1. The summed E-state index contributed by atoms with van der Waals surface area (Å²) in [6, 6.07) is 6.86. The van der Waals surface area contributed by atoms with Gasteiger partial charge in [-0.15, -0.1) is 16.4 Å². The highest BCUT2D eigenvalue weighted by Crippen LogP contribution is 2.38. The number of methoxy groups -OCH3 is 1. The Bertz CT molecular complexity index is 1110. The number of aryl methyl sites for hydroxylation is 2. The van der Waals surface area contributed by atoms with Crippen LogP contribution in [0.4, 0.5) is 5.00 Å². The van der Waals surface area contributed by atoms with Gasteiger partial charge in [-0.1, -0.05) is 6.07 Å². The lowest BCUT2D eigenvalue weighted by Gasteiger charge is -2.12. The van der Waals surface area contributed by atoms with Crippen LogP contribution in [0.15, 0.2) is 24.3 Å². The molecular weight excluding hydrogens is 418 g/mol. The molecule has 0 bridgehead atoms. The summed E-state index contributed by atoms with van der Waals surface area (Å²) in [6.45, 7) is 2.77. The first-order valence-corrected chi connectivity index (χ1v) is 10.9. The maximum atomic E-state index is 12.9. The summed E-state index contributed by atoms with van der Waals surface area (Å²) >= 11 is 1.46. The fourth-order valence-electron chi connectivity index (χ4n) is 3.59. The zero-order chi connectivity index (χ0) is 21.8. The SMILES string of the molecule is CCn1nnnc1COc1cccc(C(=O)Nc2sc3c(c2C(=O)OC)CCCC3)c1. The molecule has 9 nitrogen and oxygen atoms in total. The second kappa shape index (κ2) is 9.25. The van der Waals surface area contributed by atoms with Crippen LogP contribution in [-0.4, -0.2) is 39.2 Å². The van der Waals surface area contributed by atoms with Crippen LogP contribution < -0.4 is 10.1 Å². The molecule has 10 heteroatoms. The van der Waals surface area contributed by atoms with Gasteiger partial charge in [0.15, 0.2) is 5.82 Å². The smallest absolute Gasteiger partial charge is 0.341 e. The van der Waals surface area contributed by atoms with Crippen molar-refractivity contribution in [1.82, 2.24) is 20.2 Å². The number of fused-ring (bicyclic) bond motifs is 1. The highest BCUT2D eigenvalue weighted by Gasteiger charge is 2.27. The van der Waals surface area contributed by atoms with Gasteiger partial charge in [0, 0.05) is 17.0 Å². The summed E-state index contributed by atoms with van der Waals surface area (Å²) in [4.78, 5) is 26.5. The van der Waals surface area contributed by atoms with Crippen molar-refractivity contribution >= 4 is 28.2 Å². The molecule has 0 aliphatic heterocycles. The van der Waals surface area contributed by atoms with Crippen molar-refractivity contribution in [2.45, 2.75) is 45.8 Å². The van der Waals surface area contributed by atoms with Crippen molar-refractivity contribution in [3.8, 4) is 5.75 Å². The third-order valence-corrected chi connectivity index (χ3v) is 6.36. The lowest BCUT2D eigenvalue weighted by Crippen LogP contribution is -2.15. The van der Waals surface area contributed by atoms with E-state index in [4.69, 9.17) is 9.47 Å². The Balaban J connectivity index is 1.51. The fourth-order valence-corrected chi connectivity index (χ4v) is 4.87. The molecule has 1 amide bonds. The highest BCUT2D eigenvalue weighted by atomic mass is 32.1. The molecular formula is C21H23N5O4S. The lowest BCUT2D eigenvalue weighted by molar-refractivity contribution is 0.0601. The number of anilines is 1. The van der Waals surface area contributed by atoms with Crippen LogP contribution in [0.1, 0.15) is 56.7 Å². The van der Waals surface area contributed by atoms with E-state index in [1.807, 2.05) is 6.92 Å². The van der Waals surface area contributed by atoms with E-state index in [2.05, 4.69) is 20.8 Å². The van der Waals surface area contributed by atoms with E-state index in [1.165, 1.54) is 18.4 Å². The first kappa shape index (κ1) is 21.0. The minimum Gasteiger partial charge on any atom is -0.486 e. The monoisotopic (exact) mass is 441 g/mol. The van der Waals surface area contributed by atoms with Crippen molar-refractivity contribution in [3.63, 3.8) is 0 Å². The number of benzene rings is 1. The molecule has 0 spiro atoms. The number of carbonyl (C=O) groups excluding carboxylic acids is 2. The van der Waals surface area contributed by atoms with E-state index >= 15 is 0 Å². The third-order valence-electron chi connectivity index (χ3n) is 5.16. The summed E-state index contributed by atoms with van der Waals surface area (Å²) in [5, 5.41) is 14.9. The number of aromatic nitrogens is 4. The second-order valence-corrected chi connectivity index (χ2v) is 8.19. The molecule has 1 aliphatic rings. The average Bonchev–Trinajstić information content (AvgIpc) is 3.41. The van der Waals surface area contributed by atoms with Crippen molar-refractivity contribution in [1.29, 1.82) is 0 Å². The largest absolute Gasteiger partial charge is 0.486 e. The third kappa shape index (κ3) is 4.43. The van der Waals surface area contributed by atoms with Crippen LogP contribution >= 0.6 is 11.3 Å². The van der Waals surface area contributed by atoms with E-state index in [9.17, 15) is 9.59 Å².